The molecule has 3 atom stereocenters. The average molecular weight is 357 g/mol. The average Bonchev–Trinajstić information content (AvgIpc) is 2.39. The van der Waals surface area contributed by atoms with Crippen LogP contribution in [0.5, 0.6) is 0 Å². The minimum absolute atomic E-state index is 0. The Morgan fingerprint density at radius 2 is 1.91 bits per heavy atom. The van der Waals surface area contributed by atoms with E-state index in [-0.39, 0.29) is 55.1 Å². The molecule has 1 aliphatic heterocycles. The number of rotatable bonds is 5. The summed E-state index contributed by atoms with van der Waals surface area (Å²) >= 11 is 0. The van der Waals surface area contributed by atoms with E-state index in [0.29, 0.717) is 6.04 Å². The van der Waals surface area contributed by atoms with Gasteiger partial charge in [0.2, 0.25) is 11.8 Å². The van der Waals surface area contributed by atoms with E-state index in [1.165, 1.54) is 0 Å². The van der Waals surface area contributed by atoms with E-state index in [4.69, 9.17) is 5.73 Å². The Morgan fingerprint density at radius 3 is 2.41 bits per heavy atom. The molecular formula is C14H30Cl2N4O2. The molecular weight excluding hydrogens is 327 g/mol. The van der Waals surface area contributed by atoms with Crippen LogP contribution in [0.3, 0.4) is 0 Å². The van der Waals surface area contributed by atoms with E-state index < -0.39 is 6.04 Å². The molecule has 8 heteroatoms. The van der Waals surface area contributed by atoms with Gasteiger partial charge in [0.1, 0.15) is 0 Å². The lowest BCUT2D eigenvalue weighted by Gasteiger charge is -2.35. The fourth-order valence-corrected chi connectivity index (χ4v) is 2.29. The molecule has 2 unspecified atom stereocenters. The molecule has 4 N–H and O–H groups in total. The van der Waals surface area contributed by atoms with E-state index in [1.807, 2.05) is 13.8 Å². The molecule has 132 valence electrons. The van der Waals surface area contributed by atoms with Crippen LogP contribution in [0.25, 0.3) is 0 Å². The van der Waals surface area contributed by atoms with Crippen molar-refractivity contribution in [2.75, 3.05) is 20.1 Å². The van der Waals surface area contributed by atoms with Gasteiger partial charge in [0, 0.05) is 18.6 Å². The first-order chi connectivity index (χ1) is 9.31. The molecule has 0 aromatic rings. The first kappa shape index (κ1) is 23.7. The van der Waals surface area contributed by atoms with Crippen molar-refractivity contribution in [1.82, 2.24) is 15.5 Å². The molecule has 0 bridgehead atoms. The van der Waals surface area contributed by atoms with E-state index in [1.54, 1.807) is 0 Å². The Morgan fingerprint density at radius 1 is 1.32 bits per heavy atom. The number of nitrogens with zero attached hydrogens (tertiary/aromatic N) is 1. The van der Waals surface area contributed by atoms with Crippen molar-refractivity contribution in [1.29, 1.82) is 0 Å². The van der Waals surface area contributed by atoms with Crippen LogP contribution in [0, 0.1) is 5.92 Å². The summed E-state index contributed by atoms with van der Waals surface area (Å²) in [4.78, 5) is 25.8. The predicted octanol–water partition coefficient (Wildman–Crippen LogP) is 0.528. The van der Waals surface area contributed by atoms with E-state index >= 15 is 0 Å². The second kappa shape index (κ2) is 11.0. The monoisotopic (exact) mass is 356 g/mol. The molecule has 0 radical (unpaired) electrons. The van der Waals surface area contributed by atoms with Crippen molar-refractivity contribution in [2.24, 2.45) is 11.7 Å². The van der Waals surface area contributed by atoms with Crippen LogP contribution in [0.2, 0.25) is 0 Å². The number of carbonyl (C=O) groups excluding carboxylic acids is 2. The Kier molecular flexibility index (Phi) is 11.9. The Bertz CT molecular complexity index is 356. The fraction of sp³-hybridized carbons (Fsp3) is 0.857. The second-order valence-corrected chi connectivity index (χ2v) is 6.11. The van der Waals surface area contributed by atoms with Gasteiger partial charge >= 0.3 is 0 Å². The van der Waals surface area contributed by atoms with Gasteiger partial charge in [-0.3, -0.25) is 9.59 Å². The van der Waals surface area contributed by atoms with Crippen molar-refractivity contribution in [2.45, 2.75) is 51.7 Å². The first-order valence-corrected chi connectivity index (χ1v) is 7.34. The summed E-state index contributed by atoms with van der Waals surface area (Å²) in [5, 5.41) is 5.56. The lowest BCUT2D eigenvalue weighted by molar-refractivity contribution is -0.127. The number of hydrogen-bond acceptors (Lipinski definition) is 4. The van der Waals surface area contributed by atoms with Gasteiger partial charge in [-0.1, -0.05) is 13.8 Å². The lowest BCUT2D eigenvalue weighted by Crippen LogP contribution is -2.51. The van der Waals surface area contributed by atoms with Gasteiger partial charge in [-0.25, -0.2) is 0 Å². The molecule has 1 fully saturated rings. The van der Waals surface area contributed by atoms with E-state index in [9.17, 15) is 9.59 Å². The molecule has 1 rings (SSSR count). The van der Waals surface area contributed by atoms with E-state index in [2.05, 4.69) is 29.5 Å². The highest BCUT2D eigenvalue weighted by molar-refractivity contribution is 5.87. The summed E-state index contributed by atoms with van der Waals surface area (Å²) in [7, 11) is 2.09. The molecule has 1 saturated heterocycles. The molecule has 0 aromatic carbocycles. The maximum Gasteiger partial charge on any atom is 0.239 e. The molecule has 6 nitrogen and oxygen atoms in total. The topological polar surface area (TPSA) is 87.5 Å². The Hall–Kier alpha value is -0.560. The number of piperidine rings is 1. The van der Waals surface area contributed by atoms with Crippen molar-refractivity contribution in [3.63, 3.8) is 0 Å². The van der Waals surface area contributed by atoms with Crippen LogP contribution in [0.4, 0.5) is 0 Å². The van der Waals surface area contributed by atoms with Gasteiger partial charge < -0.3 is 21.3 Å². The summed E-state index contributed by atoms with van der Waals surface area (Å²) < 4.78 is 0. The van der Waals surface area contributed by atoms with Crippen LogP contribution >= 0.6 is 24.8 Å². The van der Waals surface area contributed by atoms with Crippen molar-refractivity contribution < 1.29 is 9.59 Å². The summed E-state index contributed by atoms with van der Waals surface area (Å²) in [6.07, 6.45) is 1.90. The third-order valence-electron chi connectivity index (χ3n) is 4.02. The van der Waals surface area contributed by atoms with Crippen molar-refractivity contribution in [3.05, 3.63) is 0 Å². The molecule has 0 aromatic heterocycles. The van der Waals surface area contributed by atoms with Gasteiger partial charge in [0.25, 0.3) is 0 Å². The zero-order chi connectivity index (χ0) is 15.3. The van der Waals surface area contributed by atoms with Gasteiger partial charge in [0.05, 0.1) is 12.6 Å². The molecule has 1 aliphatic rings. The number of nitrogens with one attached hydrogen (secondary N) is 2. The van der Waals surface area contributed by atoms with Crippen LogP contribution in [0.15, 0.2) is 0 Å². The zero-order valence-electron chi connectivity index (χ0n) is 13.8. The van der Waals surface area contributed by atoms with Crippen LogP contribution in [-0.4, -0.2) is 55.0 Å². The summed E-state index contributed by atoms with van der Waals surface area (Å²) in [5.41, 5.74) is 5.71. The van der Waals surface area contributed by atoms with Gasteiger partial charge in [0.15, 0.2) is 0 Å². The fourth-order valence-electron chi connectivity index (χ4n) is 2.29. The summed E-state index contributed by atoms with van der Waals surface area (Å²) in [6, 6.07) is 0.105. The van der Waals surface area contributed by atoms with Crippen LogP contribution in [-0.2, 0) is 9.59 Å². The maximum atomic E-state index is 11.8. The molecule has 0 spiro atoms. The Balaban J connectivity index is 0. The lowest BCUT2D eigenvalue weighted by atomic mass is 9.99. The predicted molar refractivity (Wildman–Crippen MR) is 93.6 cm³/mol. The number of carbonyl (C=O) groups is 2. The highest BCUT2D eigenvalue weighted by Crippen LogP contribution is 2.14. The summed E-state index contributed by atoms with van der Waals surface area (Å²) in [5.74, 6) is -0.351. The zero-order valence-corrected chi connectivity index (χ0v) is 15.4. The highest BCUT2D eigenvalue weighted by atomic mass is 35.5. The first-order valence-electron chi connectivity index (χ1n) is 7.34. The Labute approximate surface area is 145 Å². The molecule has 1 heterocycles. The molecule has 0 aliphatic carbocycles. The molecule has 22 heavy (non-hydrogen) atoms. The van der Waals surface area contributed by atoms with Crippen LogP contribution < -0.4 is 16.4 Å². The van der Waals surface area contributed by atoms with Crippen molar-refractivity contribution >= 4 is 36.6 Å². The number of hydrogen-bond donors (Lipinski definition) is 3. The quantitative estimate of drug-likeness (QED) is 0.670. The van der Waals surface area contributed by atoms with Crippen LogP contribution in [0.1, 0.15) is 33.6 Å². The van der Waals surface area contributed by atoms with Gasteiger partial charge in [-0.05, 0) is 32.7 Å². The smallest absolute Gasteiger partial charge is 0.239 e. The number of halogens is 2. The summed E-state index contributed by atoms with van der Waals surface area (Å²) in [6.45, 7) is 6.90. The number of likely N-dealkylation sites (tertiary alicyclic amines) is 1. The number of amides is 2. The second-order valence-electron chi connectivity index (χ2n) is 6.11. The third kappa shape index (κ3) is 7.63. The molecule has 2 amide bonds. The van der Waals surface area contributed by atoms with Gasteiger partial charge in [-0.2, -0.15) is 0 Å². The van der Waals surface area contributed by atoms with Gasteiger partial charge in [-0.15, -0.1) is 24.8 Å². The standard InChI is InChI=1S/C14H28N4O2.2ClH/c1-9(2)13(15)14(20)16-8-12(19)17-11-5-6-18(4)10(3)7-11;;/h9-11,13H,5-8,15H2,1-4H3,(H,16,20)(H,17,19);2*1H/t10?,11?,13-;;/m0../s1. The van der Waals surface area contributed by atoms with Crippen molar-refractivity contribution in [3.8, 4) is 0 Å². The normalized spacial score (nSPS) is 23.0. The number of nitrogens with two attached hydrogens (primary N) is 1. The third-order valence-corrected chi connectivity index (χ3v) is 4.02. The minimum Gasteiger partial charge on any atom is -0.352 e. The molecule has 0 saturated carbocycles. The largest absolute Gasteiger partial charge is 0.352 e. The minimum atomic E-state index is -0.564. The highest BCUT2D eigenvalue weighted by Gasteiger charge is 2.24. The SMILES string of the molecule is CC(C)[C@H](N)C(=O)NCC(=O)NC1CCN(C)C(C)C1.Cl.Cl. The maximum absolute atomic E-state index is 11.8. The van der Waals surface area contributed by atoms with E-state index in [0.717, 1.165) is 19.4 Å².